The van der Waals surface area contributed by atoms with E-state index >= 15 is 0 Å². The number of nitrogens with one attached hydrogen (secondary N) is 1. The van der Waals surface area contributed by atoms with E-state index in [1.807, 2.05) is 42.5 Å². The zero-order valence-electron chi connectivity index (χ0n) is 15.3. The summed E-state index contributed by atoms with van der Waals surface area (Å²) in [6.07, 6.45) is 1.75. The van der Waals surface area contributed by atoms with E-state index in [1.54, 1.807) is 35.1 Å². The van der Waals surface area contributed by atoms with Crippen molar-refractivity contribution in [1.29, 1.82) is 0 Å². The second-order valence-corrected chi connectivity index (χ2v) is 7.26. The van der Waals surface area contributed by atoms with Crippen molar-refractivity contribution in [1.82, 2.24) is 9.78 Å². The molecule has 1 N–H and O–H groups in total. The van der Waals surface area contributed by atoms with E-state index in [-0.39, 0.29) is 12.5 Å². The molecule has 7 heteroatoms. The van der Waals surface area contributed by atoms with Gasteiger partial charge in [0.25, 0.3) is 5.91 Å². The van der Waals surface area contributed by atoms with Gasteiger partial charge in [-0.05, 0) is 35.0 Å². The van der Waals surface area contributed by atoms with Gasteiger partial charge in [0.15, 0.2) is 12.4 Å². The normalized spacial score (nSPS) is 10.8. The van der Waals surface area contributed by atoms with Crippen molar-refractivity contribution in [3.63, 3.8) is 0 Å². The van der Waals surface area contributed by atoms with Crippen molar-refractivity contribution in [2.45, 2.75) is 6.54 Å². The predicted molar refractivity (Wildman–Crippen MR) is 116 cm³/mol. The number of benzene rings is 3. The van der Waals surface area contributed by atoms with Gasteiger partial charge in [0.1, 0.15) is 5.75 Å². The van der Waals surface area contributed by atoms with E-state index in [2.05, 4.69) is 10.4 Å². The van der Waals surface area contributed by atoms with Crippen LogP contribution in [0.1, 0.15) is 5.56 Å². The minimum Gasteiger partial charge on any atom is -0.484 e. The van der Waals surface area contributed by atoms with Crippen LogP contribution in [-0.4, -0.2) is 22.3 Å². The first-order valence-corrected chi connectivity index (χ1v) is 9.72. The summed E-state index contributed by atoms with van der Waals surface area (Å²) in [7, 11) is 0. The van der Waals surface area contributed by atoms with Crippen LogP contribution in [0.3, 0.4) is 0 Å². The lowest BCUT2D eigenvalue weighted by Gasteiger charge is -2.08. The summed E-state index contributed by atoms with van der Waals surface area (Å²) in [5, 5.41) is 10.4. The molecule has 0 saturated carbocycles. The van der Waals surface area contributed by atoms with Gasteiger partial charge in [0, 0.05) is 27.9 Å². The first kappa shape index (κ1) is 19.3. The van der Waals surface area contributed by atoms with E-state index in [0.717, 1.165) is 16.3 Å². The van der Waals surface area contributed by atoms with Gasteiger partial charge in [-0.15, -0.1) is 0 Å². The molecule has 0 saturated heterocycles. The summed E-state index contributed by atoms with van der Waals surface area (Å²) in [4.78, 5) is 12.2. The standard InChI is InChI=1S/C22H17Cl2N3O2/c23-19-6-3-7-20(24)18(19)13-27-11-10-21(26-27)25-22(28)14-29-17-9-8-15-4-1-2-5-16(15)12-17/h1-12H,13-14H2,(H,25,26,28). The van der Waals surface area contributed by atoms with Gasteiger partial charge in [0.05, 0.1) is 6.54 Å². The largest absolute Gasteiger partial charge is 0.484 e. The highest BCUT2D eigenvalue weighted by atomic mass is 35.5. The Kier molecular flexibility index (Phi) is 5.69. The highest BCUT2D eigenvalue weighted by molar-refractivity contribution is 6.35. The van der Waals surface area contributed by atoms with Gasteiger partial charge < -0.3 is 10.1 Å². The van der Waals surface area contributed by atoms with Crippen LogP contribution in [0, 0.1) is 0 Å². The molecule has 1 amide bonds. The number of carbonyl (C=O) groups is 1. The number of rotatable bonds is 6. The molecule has 5 nitrogen and oxygen atoms in total. The predicted octanol–water partition coefficient (Wildman–Crippen LogP) is 5.41. The second-order valence-electron chi connectivity index (χ2n) is 6.44. The first-order valence-electron chi connectivity index (χ1n) is 8.96. The van der Waals surface area contributed by atoms with E-state index in [0.29, 0.717) is 28.2 Å². The lowest BCUT2D eigenvalue weighted by atomic mass is 10.1. The molecule has 29 heavy (non-hydrogen) atoms. The number of anilines is 1. The monoisotopic (exact) mass is 425 g/mol. The number of hydrogen-bond donors (Lipinski definition) is 1. The van der Waals surface area contributed by atoms with Crippen LogP contribution in [0.2, 0.25) is 10.0 Å². The quantitative estimate of drug-likeness (QED) is 0.449. The van der Waals surface area contributed by atoms with Gasteiger partial charge >= 0.3 is 0 Å². The smallest absolute Gasteiger partial charge is 0.263 e. The van der Waals surface area contributed by atoms with Gasteiger partial charge in [-0.1, -0.05) is 59.6 Å². The number of fused-ring (bicyclic) bond motifs is 1. The third-order valence-electron chi connectivity index (χ3n) is 4.38. The maximum absolute atomic E-state index is 12.2. The minimum absolute atomic E-state index is 0.110. The van der Waals surface area contributed by atoms with Crippen LogP contribution >= 0.6 is 23.2 Å². The van der Waals surface area contributed by atoms with Crippen LogP contribution < -0.4 is 10.1 Å². The Bertz CT molecular complexity index is 1150. The highest BCUT2D eigenvalue weighted by Gasteiger charge is 2.10. The van der Waals surface area contributed by atoms with E-state index in [4.69, 9.17) is 27.9 Å². The fourth-order valence-electron chi connectivity index (χ4n) is 2.95. The number of halogens is 2. The van der Waals surface area contributed by atoms with Gasteiger partial charge in [-0.3, -0.25) is 9.48 Å². The van der Waals surface area contributed by atoms with Crippen molar-refractivity contribution in [3.8, 4) is 5.75 Å². The molecule has 0 spiro atoms. The van der Waals surface area contributed by atoms with Crippen molar-refractivity contribution in [2.75, 3.05) is 11.9 Å². The Morgan fingerprint density at radius 3 is 2.52 bits per heavy atom. The number of ether oxygens (including phenoxy) is 1. The first-order chi connectivity index (χ1) is 14.1. The van der Waals surface area contributed by atoms with Crippen LogP contribution in [-0.2, 0) is 11.3 Å². The average molecular weight is 426 g/mol. The second kappa shape index (κ2) is 8.55. The number of aromatic nitrogens is 2. The molecule has 0 radical (unpaired) electrons. The summed E-state index contributed by atoms with van der Waals surface area (Å²) in [5.74, 6) is 0.775. The highest BCUT2D eigenvalue weighted by Crippen LogP contribution is 2.25. The molecule has 0 aliphatic heterocycles. The van der Waals surface area contributed by atoms with Crippen LogP contribution in [0.5, 0.6) is 5.75 Å². The van der Waals surface area contributed by atoms with E-state index < -0.39 is 0 Å². The van der Waals surface area contributed by atoms with Crippen LogP contribution in [0.4, 0.5) is 5.82 Å². The fraction of sp³-hybridized carbons (Fsp3) is 0.0909. The molecular weight excluding hydrogens is 409 g/mol. The van der Waals surface area contributed by atoms with Crippen LogP contribution in [0.15, 0.2) is 72.9 Å². The maximum atomic E-state index is 12.2. The number of amides is 1. The van der Waals surface area contributed by atoms with Gasteiger partial charge in [-0.2, -0.15) is 5.10 Å². The number of nitrogens with zero attached hydrogens (tertiary/aromatic N) is 2. The number of carbonyl (C=O) groups excluding carboxylic acids is 1. The van der Waals surface area contributed by atoms with Crippen LogP contribution in [0.25, 0.3) is 10.8 Å². The topological polar surface area (TPSA) is 56.1 Å². The molecule has 0 aliphatic rings. The Balaban J connectivity index is 1.35. The maximum Gasteiger partial charge on any atom is 0.263 e. The summed E-state index contributed by atoms with van der Waals surface area (Å²) in [6.45, 7) is 0.295. The van der Waals surface area contributed by atoms with Gasteiger partial charge in [0.2, 0.25) is 0 Å². The molecule has 4 aromatic rings. The van der Waals surface area contributed by atoms with Gasteiger partial charge in [-0.25, -0.2) is 0 Å². The van der Waals surface area contributed by atoms with Crippen molar-refractivity contribution >= 4 is 45.7 Å². The lowest BCUT2D eigenvalue weighted by Crippen LogP contribution is -2.20. The molecule has 0 bridgehead atoms. The van der Waals surface area contributed by atoms with E-state index in [9.17, 15) is 4.79 Å². The molecule has 146 valence electrons. The van der Waals surface area contributed by atoms with Crippen molar-refractivity contribution < 1.29 is 9.53 Å². The molecule has 1 aromatic heterocycles. The Morgan fingerprint density at radius 1 is 0.966 bits per heavy atom. The Labute approximate surface area is 177 Å². The molecule has 3 aromatic carbocycles. The third-order valence-corrected chi connectivity index (χ3v) is 5.09. The lowest BCUT2D eigenvalue weighted by molar-refractivity contribution is -0.118. The molecular formula is C22H17Cl2N3O2. The zero-order chi connectivity index (χ0) is 20.2. The van der Waals surface area contributed by atoms with Crippen molar-refractivity contribution in [3.05, 3.63) is 88.5 Å². The third kappa shape index (κ3) is 4.70. The molecule has 4 rings (SSSR count). The Hall–Kier alpha value is -3.02. The molecule has 0 atom stereocenters. The number of hydrogen-bond acceptors (Lipinski definition) is 3. The van der Waals surface area contributed by atoms with Crippen molar-refractivity contribution in [2.24, 2.45) is 0 Å². The summed E-state index contributed by atoms with van der Waals surface area (Å²) in [6, 6.07) is 20.7. The molecule has 1 heterocycles. The SMILES string of the molecule is O=C(COc1ccc2ccccc2c1)Nc1ccn(Cc2c(Cl)cccc2Cl)n1. The molecule has 0 fully saturated rings. The summed E-state index contributed by atoms with van der Waals surface area (Å²) < 4.78 is 7.26. The minimum atomic E-state index is -0.292. The zero-order valence-corrected chi connectivity index (χ0v) is 16.8. The summed E-state index contributed by atoms with van der Waals surface area (Å²) >= 11 is 12.4. The average Bonchev–Trinajstić information content (AvgIpc) is 3.16. The fourth-order valence-corrected chi connectivity index (χ4v) is 3.46. The molecule has 0 unspecified atom stereocenters. The molecule has 0 aliphatic carbocycles. The summed E-state index contributed by atoms with van der Waals surface area (Å²) in [5.41, 5.74) is 0.774. The van der Waals surface area contributed by atoms with E-state index in [1.165, 1.54) is 0 Å². The Morgan fingerprint density at radius 2 is 1.72 bits per heavy atom.